The summed E-state index contributed by atoms with van der Waals surface area (Å²) in [5, 5.41) is 3.26. The molecule has 4 nitrogen and oxygen atoms in total. The third-order valence-electron chi connectivity index (χ3n) is 6.78. The molecule has 25 heavy (non-hydrogen) atoms. The van der Waals surface area contributed by atoms with Crippen molar-refractivity contribution in [2.75, 3.05) is 6.54 Å². The van der Waals surface area contributed by atoms with Crippen molar-refractivity contribution in [1.29, 1.82) is 0 Å². The van der Waals surface area contributed by atoms with Gasteiger partial charge in [0.05, 0.1) is 0 Å². The van der Waals surface area contributed by atoms with E-state index in [-0.39, 0.29) is 5.41 Å². The summed E-state index contributed by atoms with van der Waals surface area (Å²) in [7, 11) is 0. The average molecular weight is 338 g/mol. The van der Waals surface area contributed by atoms with Crippen molar-refractivity contribution in [2.45, 2.75) is 51.9 Å². The fourth-order valence-electron chi connectivity index (χ4n) is 6.14. The molecule has 4 heteroatoms. The highest BCUT2D eigenvalue weighted by atomic mass is 16.3. The first-order chi connectivity index (χ1) is 12.1. The molecule has 132 valence electrons. The zero-order chi connectivity index (χ0) is 17.0. The third-order valence-corrected chi connectivity index (χ3v) is 6.78. The number of carbonyl (C=O) groups is 1. The third kappa shape index (κ3) is 2.66. The number of nitrogens with zero attached hydrogens (tertiary/aromatic N) is 1. The number of aryl methyl sites for hydroxylation is 1. The highest BCUT2D eigenvalue weighted by molar-refractivity contribution is 5.83. The molecule has 4 aliphatic carbocycles. The van der Waals surface area contributed by atoms with Gasteiger partial charge in [0.1, 0.15) is 5.52 Å². The first-order valence-electron chi connectivity index (χ1n) is 9.74. The van der Waals surface area contributed by atoms with Gasteiger partial charge in [0.15, 0.2) is 11.5 Å². The zero-order valence-corrected chi connectivity index (χ0v) is 14.9. The van der Waals surface area contributed by atoms with Crippen molar-refractivity contribution >= 4 is 17.0 Å². The van der Waals surface area contributed by atoms with Gasteiger partial charge in [-0.05, 0) is 80.4 Å². The van der Waals surface area contributed by atoms with E-state index >= 15 is 0 Å². The number of nitrogens with one attached hydrogen (secondary N) is 1. The van der Waals surface area contributed by atoms with Crippen LogP contribution in [0.3, 0.4) is 0 Å². The Morgan fingerprint density at radius 2 is 1.88 bits per heavy atom. The SMILES string of the molecule is Cc1nc2cc(CCNC(=O)C34CC5CC(CC(C5)C3)C4)ccc2o1. The van der Waals surface area contributed by atoms with Crippen molar-refractivity contribution in [3.8, 4) is 0 Å². The van der Waals surface area contributed by atoms with Crippen molar-refractivity contribution in [1.82, 2.24) is 10.3 Å². The van der Waals surface area contributed by atoms with E-state index in [0.29, 0.717) is 18.3 Å². The van der Waals surface area contributed by atoms with E-state index in [1.165, 1.54) is 24.8 Å². The summed E-state index contributed by atoms with van der Waals surface area (Å²) in [4.78, 5) is 17.4. The van der Waals surface area contributed by atoms with Crippen LogP contribution >= 0.6 is 0 Å². The maximum atomic E-state index is 13.0. The molecule has 1 amide bonds. The molecule has 4 aliphatic rings. The van der Waals surface area contributed by atoms with Crippen molar-refractivity contribution in [3.05, 3.63) is 29.7 Å². The Morgan fingerprint density at radius 3 is 2.56 bits per heavy atom. The van der Waals surface area contributed by atoms with Crippen LogP contribution < -0.4 is 5.32 Å². The van der Waals surface area contributed by atoms with Crippen LogP contribution in [0.4, 0.5) is 0 Å². The standard InChI is InChI=1S/C21H26N2O2/c1-13-23-18-9-14(2-3-19(18)25-13)4-5-22-20(24)21-10-15-6-16(11-21)8-17(7-15)12-21/h2-3,9,15-17H,4-8,10-12H2,1H3,(H,22,24). The lowest BCUT2D eigenvalue weighted by molar-refractivity contribution is -0.146. The molecule has 6 rings (SSSR count). The molecule has 2 aromatic rings. The molecule has 0 aliphatic heterocycles. The first kappa shape index (κ1) is 15.4. The minimum Gasteiger partial charge on any atom is -0.441 e. The quantitative estimate of drug-likeness (QED) is 0.916. The van der Waals surface area contributed by atoms with Gasteiger partial charge in [-0.25, -0.2) is 4.98 Å². The van der Waals surface area contributed by atoms with Gasteiger partial charge >= 0.3 is 0 Å². The lowest BCUT2D eigenvalue weighted by atomic mass is 9.49. The van der Waals surface area contributed by atoms with Crippen LogP contribution in [0.25, 0.3) is 11.1 Å². The normalized spacial score (nSPS) is 33.1. The molecular formula is C21H26N2O2. The molecule has 1 aromatic carbocycles. The van der Waals surface area contributed by atoms with Crippen molar-refractivity contribution in [3.63, 3.8) is 0 Å². The number of rotatable bonds is 4. The van der Waals surface area contributed by atoms with E-state index in [0.717, 1.165) is 54.5 Å². The van der Waals surface area contributed by atoms with E-state index in [4.69, 9.17) is 4.42 Å². The monoisotopic (exact) mass is 338 g/mol. The minimum atomic E-state index is -0.0398. The van der Waals surface area contributed by atoms with Crippen LogP contribution in [0.1, 0.15) is 50.0 Å². The molecule has 0 spiro atoms. The van der Waals surface area contributed by atoms with Crippen LogP contribution in [0, 0.1) is 30.1 Å². The van der Waals surface area contributed by atoms with Gasteiger partial charge in [-0.1, -0.05) is 6.07 Å². The van der Waals surface area contributed by atoms with Crippen LogP contribution in [0.2, 0.25) is 0 Å². The van der Waals surface area contributed by atoms with E-state index in [9.17, 15) is 4.79 Å². The number of hydrogen-bond donors (Lipinski definition) is 1. The topological polar surface area (TPSA) is 55.1 Å². The molecular weight excluding hydrogens is 312 g/mol. The summed E-state index contributed by atoms with van der Waals surface area (Å²) in [6.07, 6.45) is 8.38. The molecule has 1 heterocycles. The summed E-state index contributed by atoms with van der Waals surface area (Å²) in [6.45, 7) is 2.58. The summed E-state index contributed by atoms with van der Waals surface area (Å²) in [5.74, 6) is 3.46. The predicted octanol–water partition coefficient (Wildman–Crippen LogP) is 4.01. The fraction of sp³-hybridized carbons (Fsp3) is 0.619. The highest BCUT2D eigenvalue weighted by Crippen LogP contribution is 2.60. The molecule has 1 N–H and O–H groups in total. The van der Waals surface area contributed by atoms with Gasteiger partial charge in [0.25, 0.3) is 0 Å². The smallest absolute Gasteiger partial charge is 0.226 e. The number of carbonyl (C=O) groups excluding carboxylic acids is 1. The molecule has 1 aromatic heterocycles. The molecule has 4 saturated carbocycles. The van der Waals surface area contributed by atoms with E-state index in [2.05, 4.69) is 22.4 Å². The molecule has 0 atom stereocenters. The maximum absolute atomic E-state index is 13.0. The van der Waals surface area contributed by atoms with Crippen LogP contribution in [-0.2, 0) is 11.2 Å². The summed E-state index contributed by atoms with van der Waals surface area (Å²) in [5.41, 5.74) is 2.90. The van der Waals surface area contributed by atoms with Crippen LogP contribution in [0.15, 0.2) is 22.6 Å². The Kier molecular flexibility index (Phi) is 3.44. The van der Waals surface area contributed by atoms with E-state index in [1.54, 1.807) is 0 Å². The van der Waals surface area contributed by atoms with Gasteiger partial charge in [-0.15, -0.1) is 0 Å². The fourth-order valence-corrected chi connectivity index (χ4v) is 6.14. The summed E-state index contributed by atoms with van der Waals surface area (Å²) >= 11 is 0. The molecule has 0 radical (unpaired) electrons. The van der Waals surface area contributed by atoms with Gasteiger partial charge in [0, 0.05) is 18.9 Å². The van der Waals surface area contributed by atoms with Gasteiger partial charge < -0.3 is 9.73 Å². The van der Waals surface area contributed by atoms with Crippen molar-refractivity contribution in [2.24, 2.45) is 23.2 Å². The number of benzene rings is 1. The lowest BCUT2D eigenvalue weighted by Gasteiger charge is -2.55. The molecule has 4 fully saturated rings. The number of amides is 1. The number of hydrogen-bond acceptors (Lipinski definition) is 3. The second-order valence-electron chi connectivity index (χ2n) is 8.74. The molecule has 0 saturated heterocycles. The van der Waals surface area contributed by atoms with E-state index in [1.807, 2.05) is 13.0 Å². The van der Waals surface area contributed by atoms with Crippen LogP contribution in [-0.4, -0.2) is 17.4 Å². The van der Waals surface area contributed by atoms with Gasteiger partial charge in [-0.2, -0.15) is 0 Å². The van der Waals surface area contributed by atoms with Gasteiger partial charge in [-0.3, -0.25) is 4.79 Å². The number of fused-ring (bicyclic) bond motifs is 1. The van der Waals surface area contributed by atoms with Crippen molar-refractivity contribution < 1.29 is 9.21 Å². The lowest BCUT2D eigenvalue weighted by Crippen LogP contribution is -2.53. The predicted molar refractivity (Wildman–Crippen MR) is 96.1 cm³/mol. The Balaban J connectivity index is 1.23. The average Bonchev–Trinajstić information content (AvgIpc) is 2.93. The molecule has 0 unspecified atom stereocenters. The second kappa shape index (κ2) is 5.58. The number of oxazole rings is 1. The molecule has 4 bridgehead atoms. The number of aromatic nitrogens is 1. The Labute approximate surface area is 148 Å². The zero-order valence-electron chi connectivity index (χ0n) is 14.9. The minimum absolute atomic E-state index is 0.0398. The summed E-state index contributed by atoms with van der Waals surface area (Å²) in [6, 6.07) is 6.12. The van der Waals surface area contributed by atoms with E-state index < -0.39 is 0 Å². The summed E-state index contributed by atoms with van der Waals surface area (Å²) < 4.78 is 5.52. The maximum Gasteiger partial charge on any atom is 0.226 e. The Hall–Kier alpha value is -1.84. The Morgan fingerprint density at radius 1 is 1.20 bits per heavy atom. The first-order valence-corrected chi connectivity index (χ1v) is 9.74. The van der Waals surface area contributed by atoms with Crippen LogP contribution in [0.5, 0.6) is 0 Å². The second-order valence-corrected chi connectivity index (χ2v) is 8.74. The largest absolute Gasteiger partial charge is 0.441 e. The Bertz CT molecular complexity index is 787. The van der Waals surface area contributed by atoms with Gasteiger partial charge in [0.2, 0.25) is 5.91 Å². The highest BCUT2D eigenvalue weighted by Gasteiger charge is 2.54.